The number of likely N-dealkylation sites (N-methyl/N-ethyl adjacent to an activating group) is 1. The third kappa shape index (κ3) is 3.30. The van der Waals surface area contributed by atoms with E-state index in [9.17, 15) is 14.4 Å². The molecule has 2 heterocycles. The molecule has 0 saturated carbocycles. The van der Waals surface area contributed by atoms with Gasteiger partial charge in [-0.15, -0.1) is 0 Å². The molecule has 0 spiro atoms. The average Bonchev–Trinajstić information content (AvgIpc) is 2.98. The maximum Gasteiger partial charge on any atom is 0.265 e. The van der Waals surface area contributed by atoms with Crippen molar-refractivity contribution in [2.24, 2.45) is 5.73 Å². The molecule has 3 amide bonds. The Kier molecular flexibility index (Phi) is 4.63. The topological polar surface area (TPSA) is 105 Å². The zero-order chi connectivity index (χ0) is 18.1. The molecular weight excluding hydrogens is 324 g/mol. The summed E-state index contributed by atoms with van der Waals surface area (Å²) in [4.78, 5) is 40.0. The lowest BCUT2D eigenvalue weighted by Gasteiger charge is -2.31. The Balaban J connectivity index is 1.82. The number of carbonyl (C=O) groups is 3. The van der Waals surface area contributed by atoms with E-state index in [1.165, 1.54) is 16.8 Å². The summed E-state index contributed by atoms with van der Waals surface area (Å²) in [6, 6.07) is 4.64. The van der Waals surface area contributed by atoms with Crippen molar-refractivity contribution >= 4 is 23.4 Å². The van der Waals surface area contributed by atoms with Gasteiger partial charge in [0.15, 0.2) is 6.61 Å². The summed E-state index contributed by atoms with van der Waals surface area (Å²) in [6.45, 7) is 1.96. The highest BCUT2D eigenvalue weighted by Gasteiger charge is 2.39. The van der Waals surface area contributed by atoms with Crippen LogP contribution in [0.25, 0.3) is 0 Å². The molecule has 0 unspecified atom stereocenters. The van der Waals surface area contributed by atoms with Crippen molar-refractivity contribution in [3.05, 3.63) is 23.8 Å². The van der Waals surface area contributed by atoms with Gasteiger partial charge in [0.1, 0.15) is 18.3 Å². The molecule has 8 heteroatoms. The summed E-state index contributed by atoms with van der Waals surface area (Å²) in [5.41, 5.74) is 7.46. The van der Waals surface area contributed by atoms with Crippen molar-refractivity contribution < 1.29 is 19.1 Å². The van der Waals surface area contributed by atoms with Crippen LogP contribution in [-0.4, -0.2) is 61.4 Å². The van der Waals surface area contributed by atoms with Crippen molar-refractivity contribution in [2.45, 2.75) is 25.4 Å². The van der Waals surface area contributed by atoms with Crippen molar-refractivity contribution in [3.8, 4) is 5.75 Å². The van der Waals surface area contributed by atoms with E-state index < -0.39 is 6.04 Å². The van der Waals surface area contributed by atoms with E-state index >= 15 is 0 Å². The van der Waals surface area contributed by atoms with Crippen molar-refractivity contribution in [2.75, 3.05) is 31.6 Å². The van der Waals surface area contributed by atoms with E-state index in [-0.39, 0.29) is 36.9 Å². The molecule has 2 atom stereocenters. The minimum absolute atomic E-state index is 0.109. The van der Waals surface area contributed by atoms with Crippen LogP contribution in [0.3, 0.4) is 0 Å². The molecule has 134 valence electrons. The molecule has 1 saturated heterocycles. The summed E-state index contributed by atoms with van der Waals surface area (Å²) in [7, 11) is 1.53. The molecule has 0 bridgehead atoms. The zero-order valence-electron chi connectivity index (χ0n) is 14.3. The van der Waals surface area contributed by atoms with Crippen molar-refractivity contribution in [1.29, 1.82) is 0 Å². The van der Waals surface area contributed by atoms with E-state index in [1.807, 2.05) is 19.1 Å². The fourth-order valence-corrected chi connectivity index (χ4v) is 3.27. The number of benzene rings is 1. The summed E-state index contributed by atoms with van der Waals surface area (Å²) in [6.07, 6.45) is 0.415. The number of ether oxygens (including phenoxy) is 1. The second kappa shape index (κ2) is 6.72. The van der Waals surface area contributed by atoms with Crippen LogP contribution in [0.1, 0.15) is 12.0 Å². The number of amides is 3. The second-order valence-electron chi connectivity index (χ2n) is 6.41. The van der Waals surface area contributed by atoms with Crippen LogP contribution in [0.5, 0.6) is 5.75 Å². The van der Waals surface area contributed by atoms with Crippen LogP contribution >= 0.6 is 0 Å². The van der Waals surface area contributed by atoms with Gasteiger partial charge in [0.2, 0.25) is 11.8 Å². The van der Waals surface area contributed by atoms with Gasteiger partial charge < -0.3 is 20.7 Å². The number of hydrogen-bond donors (Lipinski definition) is 2. The van der Waals surface area contributed by atoms with Gasteiger partial charge in [0.25, 0.3) is 5.91 Å². The first-order valence-electron chi connectivity index (χ1n) is 8.21. The van der Waals surface area contributed by atoms with Crippen LogP contribution in [0.2, 0.25) is 0 Å². The summed E-state index contributed by atoms with van der Waals surface area (Å²) < 4.78 is 5.42. The fraction of sp³-hybridized carbons (Fsp3) is 0.471. The van der Waals surface area contributed by atoms with Gasteiger partial charge in [-0.3, -0.25) is 19.3 Å². The van der Waals surface area contributed by atoms with Crippen molar-refractivity contribution in [3.63, 3.8) is 0 Å². The quantitative estimate of drug-likeness (QED) is 0.760. The number of aryl methyl sites for hydroxylation is 1. The van der Waals surface area contributed by atoms with Crippen LogP contribution < -0.4 is 20.7 Å². The first-order chi connectivity index (χ1) is 11.9. The minimum Gasteiger partial charge on any atom is -0.482 e. The van der Waals surface area contributed by atoms with E-state index in [0.717, 1.165) is 5.56 Å². The highest BCUT2D eigenvalue weighted by molar-refractivity contribution is 6.02. The van der Waals surface area contributed by atoms with Gasteiger partial charge in [0, 0.05) is 19.6 Å². The minimum atomic E-state index is -0.597. The van der Waals surface area contributed by atoms with Crippen LogP contribution in [0.4, 0.5) is 5.69 Å². The van der Waals surface area contributed by atoms with E-state index in [4.69, 9.17) is 10.5 Å². The number of rotatable bonds is 3. The highest BCUT2D eigenvalue weighted by atomic mass is 16.5. The Bertz CT molecular complexity index is 721. The monoisotopic (exact) mass is 346 g/mol. The van der Waals surface area contributed by atoms with Crippen LogP contribution in [-0.2, 0) is 14.4 Å². The molecule has 8 nitrogen and oxygen atoms in total. The zero-order valence-corrected chi connectivity index (χ0v) is 14.3. The lowest BCUT2D eigenvalue weighted by atomic mass is 10.1. The molecule has 3 N–H and O–H groups in total. The molecule has 1 aromatic carbocycles. The average molecular weight is 346 g/mol. The molecule has 0 aliphatic carbocycles. The first-order valence-corrected chi connectivity index (χ1v) is 8.21. The molecule has 0 aromatic heterocycles. The molecule has 1 fully saturated rings. The number of hydrogen-bond acceptors (Lipinski definition) is 5. The largest absolute Gasteiger partial charge is 0.482 e. The summed E-state index contributed by atoms with van der Waals surface area (Å²) in [5, 5.41) is 2.56. The van der Waals surface area contributed by atoms with E-state index in [1.54, 1.807) is 6.07 Å². The van der Waals surface area contributed by atoms with Gasteiger partial charge in [-0.05, 0) is 31.0 Å². The maximum absolute atomic E-state index is 12.8. The van der Waals surface area contributed by atoms with Crippen LogP contribution in [0, 0.1) is 6.92 Å². The second-order valence-corrected chi connectivity index (χ2v) is 6.41. The Morgan fingerprint density at radius 2 is 2.16 bits per heavy atom. The third-order valence-electron chi connectivity index (χ3n) is 4.55. The predicted molar refractivity (Wildman–Crippen MR) is 91.2 cm³/mol. The van der Waals surface area contributed by atoms with Gasteiger partial charge in [-0.25, -0.2) is 0 Å². The number of carbonyl (C=O) groups excluding carboxylic acids is 3. The predicted octanol–water partition coefficient (Wildman–Crippen LogP) is -0.605. The Hall–Kier alpha value is -2.61. The van der Waals surface area contributed by atoms with Gasteiger partial charge in [-0.2, -0.15) is 0 Å². The summed E-state index contributed by atoms with van der Waals surface area (Å²) >= 11 is 0. The smallest absolute Gasteiger partial charge is 0.265 e. The number of likely N-dealkylation sites (tertiary alicyclic amines) is 1. The fourth-order valence-electron chi connectivity index (χ4n) is 3.27. The number of fused-ring (bicyclic) bond motifs is 1. The highest BCUT2D eigenvalue weighted by Crippen LogP contribution is 2.33. The number of nitrogens with two attached hydrogens (primary N) is 1. The number of nitrogens with zero attached hydrogens (tertiary/aromatic N) is 2. The van der Waals surface area contributed by atoms with Gasteiger partial charge in [-0.1, -0.05) is 6.07 Å². The van der Waals surface area contributed by atoms with Gasteiger partial charge in [0.05, 0.1) is 5.69 Å². The molecular formula is C17H22N4O4. The molecule has 1 aromatic rings. The number of nitrogens with one attached hydrogen (secondary N) is 1. The Morgan fingerprint density at radius 1 is 1.40 bits per heavy atom. The first kappa shape index (κ1) is 17.2. The summed E-state index contributed by atoms with van der Waals surface area (Å²) in [5.74, 6) is -0.263. The van der Waals surface area contributed by atoms with E-state index in [0.29, 0.717) is 24.4 Å². The van der Waals surface area contributed by atoms with Gasteiger partial charge >= 0.3 is 0 Å². The lowest BCUT2D eigenvalue weighted by molar-refractivity contribution is -0.138. The number of anilines is 1. The normalized spacial score (nSPS) is 22.4. The lowest BCUT2D eigenvalue weighted by Crippen LogP contribution is -2.51. The van der Waals surface area contributed by atoms with Crippen molar-refractivity contribution in [1.82, 2.24) is 10.2 Å². The Labute approximate surface area is 145 Å². The van der Waals surface area contributed by atoms with Crippen LogP contribution in [0.15, 0.2) is 18.2 Å². The molecule has 3 rings (SSSR count). The standard InChI is InChI=1S/C17H22N4O4/c1-10-3-4-14-12(5-10)21(16(23)9-25-14)8-15(22)20-7-11(18)6-13(20)17(24)19-2/h3-5,11,13H,6-9,18H2,1-2H3,(H,19,24)/t11-,13-/m0/s1. The SMILES string of the molecule is CNC(=O)[C@@H]1C[C@H](N)CN1C(=O)CN1C(=O)COc2ccc(C)cc21. The molecule has 2 aliphatic rings. The van der Waals surface area contributed by atoms with E-state index in [2.05, 4.69) is 5.32 Å². The third-order valence-corrected chi connectivity index (χ3v) is 4.55. The molecule has 0 radical (unpaired) electrons. The maximum atomic E-state index is 12.8. The Morgan fingerprint density at radius 3 is 2.88 bits per heavy atom. The molecule has 25 heavy (non-hydrogen) atoms. The molecule has 2 aliphatic heterocycles.